The van der Waals surface area contributed by atoms with E-state index in [4.69, 9.17) is 0 Å². The molecule has 0 spiro atoms. The van der Waals surface area contributed by atoms with E-state index in [1.54, 1.807) is 25.5 Å². The van der Waals surface area contributed by atoms with E-state index in [-0.39, 0.29) is 5.91 Å². The third-order valence-electron chi connectivity index (χ3n) is 4.02. The molecule has 0 saturated heterocycles. The summed E-state index contributed by atoms with van der Waals surface area (Å²) in [5, 5.41) is 6.05. The maximum atomic E-state index is 12.2. The van der Waals surface area contributed by atoms with E-state index in [9.17, 15) is 4.79 Å². The van der Waals surface area contributed by atoms with Crippen LogP contribution in [0.1, 0.15) is 43.0 Å². The fourth-order valence-corrected chi connectivity index (χ4v) is 2.66. The predicted molar refractivity (Wildman–Crippen MR) is 77.2 cm³/mol. The van der Waals surface area contributed by atoms with Crippen LogP contribution in [-0.2, 0) is 0 Å². The first kappa shape index (κ1) is 13.8. The number of carbonyl (C=O) groups excluding carboxylic acids is 1. The van der Waals surface area contributed by atoms with Crippen LogP contribution in [0.3, 0.4) is 0 Å². The molecule has 19 heavy (non-hydrogen) atoms. The summed E-state index contributed by atoms with van der Waals surface area (Å²) in [6.45, 7) is 3.10. The second kappa shape index (κ2) is 6.55. The molecule has 1 heterocycles. The third kappa shape index (κ3) is 3.69. The largest absolute Gasteiger partial charge is 0.386 e. The molecule has 0 radical (unpaired) electrons. The molecule has 1 fully saturated rings. The maximum absolute atomic E-state index is 12.2. The minimum Gasteiger partial charge on any atom is -0.386 e. The molecule has 2 rings (SSSR count). The van der Waals surface area contributed by atoms with E-state index in [1.807, 2.05) is 0 Å². The molecular weight excluding hydrogens is 238 g/mol. The highest BCUT2D eigenvalue weighted by atomic mass is 16.1. The normalized spacial score (nSPS) is 22.8. The Labute approximate surface area is 115 Å². The van der Waals surface area contributed by atoms with E-state index in [2.05, 4.69) is 22.5 Å². The highest BCUT2D eigenvalue weighted by molar-refractivity contribution is 5.99. The van der Waals surface area contributed by atoms with Gasteiger partial charge in [-0.1, -0.05) is 19.8 Å². The number of aromatic nitrogens is 1. The minimum atomic E-state index is -0.00891. The average molecular weight is 261 g/mol. The van der Waals surface area contributed by atoms with Crippen molar-refractivity contribution in [1.82, 2.24) is 10.3 Å². The number of amides is 1. The highest BCUT2D eigenvalue weighted by Gasteiger charge is 2.19. The van der Waals surface area contributed by atoms with Crippen molar-refractivity contribution in [2.75, 3.05) is 18.9 Å². The summed E-state index contributed by atoms with van der Waals surface area (Å²) in [4.78, 5) is 16.2. The highest BCUT2D eigenvalue weighted by Crippen LogP contribution is 2.27. The standard InChI is InChI=1S/C15H23N3O/c1-11-3-5-12(6-4-11)9-18-15(19)13-7-8-17-10-14(13)16-2/h7-8,10-12,16H,3-6,9H2,1-2H3,(H,18,19). The molecule has 1 aromatic rings. The monoisotopic (exact) mass is 261 g/mol. The van der Waals surface area contributed by atoms with Crippen LogP contribution in [0.2, 0.25) is 0 Å². The lowest BCUT2D eigenvalue weighted by molar-refractivity contribution is 0.0942. The lowest BCUT2D eigenvalue weighted by atomic mass is 9.83. The molecule has 1 saturated carbocycles. The smallest absolute Gasteiger partial charge is 0.253 e. The van der Waals surface area contributed by atoms with Crippen LogP contribution in [0.25, 0.3) is 0 Å². The van der Waals surface area contributed by atoms with Crippen molar-refractivity contribution in [3.63, 3.8) is 0 Å². The summed E-state index contributed by atoms with van der Waals surface area (Å²) < 4.78 is 0. The Morgan fingerprint density at radius 2 is 2.11 bits per heavy atom. The Balaban J connectivity index is 1.87. The van der Waals surface area contributed by atoms with Crippen LogP contribution in [-0.4, -0.2) is 24.5 Å². The van der Waals surface area contributed by atoms with Gasteiger partial charge in [-0.2, -0.15) is 0 Å². The van der Waals surface area contributed by atoms with Crippen molar-refractivity contribution in [3.8, 4) is 0 Å². The molecule has 0 aliphatic heterocycles. The van der Waals surface area contributed by atoms with Crippen LogP contribution in [0.4, 0.5) is 5.69 Å². The van der Waals surface area contributed by atoms with Crippen molar-refractivity contribution >= 4 is 11.6 Å². The van der Waals surface area contributed by atoms with Crippen LogP contribution in [0, 0.1) is 11.8 Å². The molecule has 0 aromatic carbocycles. The zero-order chi connectivity index (χ0) is 13.7. The predicted octanol–water partition coefficient (Wildman–Crippen LogP) is 2.68. The Kier molecular flexibility index (Phi) is 4.77. The minimum absolute atomic E-state index is 0.00891. The molecule has 4 heteroatoms. The van der Waals surface area contributed by atoms with E-state index in [0.717, 1.165) is 18.2 Å². The molecule has 1 aliphatic carbocycles. The Hall–Kier alpha value is -1.58. The quantitative estimate of drug-likeness (QED) is 0.876. The summed E-state index contributed by atoms with van der Waals surface area (Å²) in [6, 6.07) is 1.75. The van der Waals surface area contributed by atoms with E-state index in [1.165, 1.54) is 25.7 Å². The van der Waals surface area contributed by atoms with Gasteiger partial charge in [-0.25, -0.2) is 0 Å². The van der Waals surface area contributed by atoms with Gasteiger partial charge in [0.1, 0.15) is 0 Å². The average Bonchev–Trinajstić information content (AvgIpc) is 2.46. The lowest BCUT2D eigenvalue weighted by Crippen LogP contribution is -2.31. The second-order valence-electron chi connectivity index (χ2n) is 5.51. The first-order valence-electron chi connectivity index (χ1n) is 7.10. The van der Waals surface area contributed by atoms with Gasteiger partial charge >= 0.3 is 0 Å². The number of nitrogens with one attached hydrogen (secondary N) is 2. The molecule has 104 valence electrons. The Morgan fingerprint density at radius 3 is 2.79 bits per heavy atom. The van der Waals surface area contributed by atoms with Gasteiger partial charge in [-0.3, -0.25) is 9.78 Å². The molecule has 2 N–H and O–H groups in total. The third-order valence-corrected chi connectivity index (χ3v) is 4.02. The van der Waals surface area contributed by atoms with Crippen molar-refractivity contribution < 1.29 is 4.79 Å². The maximum Gasteiger partial charge on any atom is 0.253 e. The fourth-order valence-electron chi connectivity index (χ4n) is 2.66. The van der Waals surface area contributed by atoms with Gasteiger partial charge < -0.3 is 10.6 Å². The van der Waals surface area contributed by atoms with Crippen LogP contribution in [0.15, 0.2) is 18.5 Å². The molecule has 0 bridgehead atoms. The zero-order valence-electron chi connectivity index (χ0n) is 11.8. The van der Waals surface area contributed by atoms with Gasteiger partial charge in [-0.05, 0) is 30.7 Å². The molecule has 1 aliphatic rings. The molecule has 1 amide bonds. The number of hydrogen-bond acceptors (Lipinski definition) is 3. The molecule has 0 atom stereocenters. The van der Waals surface area contributed by atoms with Crippen molar-refractivity contribution in [1.29, 1.82) is 0 Å². The molecule has 4 nitrogen and oxygen atoms in total. The van der Waals surface area contributed by atoms with Crippen LogP contribution >= 0.6 is 0 Å². The summed E-state index contributed by atoms with van der Waals surface area (Å²) >= 11 is 0. The van der Waals surface area contributed by atoms with Gasteiger partial charge in [0.15, 0.2) is 0 Å². The first-order chi connectivity index (χ1) is 9.20. The topological polar surface area (TPSA) is 54.0 Å². The molecular formula is C15H23N3O. The summed E-state index contributed by atoms with van der Waals surface area (Å²) in [5.41, 5.74) is 1.44. The SMILES string of the molecule is CNc1cnccc1C(=O)NCC1CCC(C)CC1. The van der Waals surface area contributed by atoms with Crippen molar-refractivity contribution in [2.24, 2.45) is 11.8 Å². The number of rotatable bonds is 4. The van der Waals surface area contributed by atoms with Crippen LogP contribution in [0.5, 0.6) is 0 Å². The molecule has 0 unspecified atom stereocenters. The number of hydrogen-bond donors (Lipinski definition) is 2. The summed E-state index contributed by atoms with van der Waals surface area (Å²) in [7, 11) is 1.80. The summed E-state index contributed by atoms with van der Waals surface area (Å²) in [6.07, 6.45) is 8.37. The van der Waals surface area contributed by atoms with Gasteiger partial charge in [-0.15, -0.1) is 0 Å². The van der Waals surface area contributed by atoms with Crippen molar-refractivity contribution in [2.45, 2.75) is 32.6 Å². The lowest BCUT2D eigenvalue weighted by Gasteiger charge is -2.26. The fraction of sp³-hybridized carbons (Fsp3) is 0.600. The Bertz CT molecular complexity index is 425. The summed E-state index contributed by atoms with van der Waals surface area (Å²) in [5.74, 6) is 1.48. The van der Waals surface area contributed by atoms with Gasteiger partial charge in [0.05, 0.1) is 17.4 Å². The second-order valence-corrected chi connectivity index (χ2v) is 5.51. The molecule has 1 aromatic heterocycles. The number of nitrogens with zero attached hydrogens (tertiary/aromatic N) is 1. The number of pyridine rings is 1. The van der Waals surface area contributed by atoms with E-state index < -0.39 is 0 Å². The first-order valence-corrected chi connectivity index (χ1v) is 7.10. The number of anilines is 1. The van der Waals surface area contributed by atoms with Gasteiger partial charge in [0.25, 0.3) is 5.91 Å². The van der Waals surface area contributed by atoms with Crippen LogP contribution < -0.4 is 10.6 Å². The van der Waals surface area contributed by atoms with Gasteiger partial charge in [0, 0.05) is 19.8 Å². The zero-order valence-corrected chi connectivity index (χ0v) is 11.8. The van der Waals surface area contributed by atoms with Gasteiger partial charge in [0.2, 0.25) is 0 Å². The Morgan fingerprint density at radius 1 is 1.37 bits per heavy atom. The van der Waals surface area contributed by atoms with E-state index >= 15 is 0 Å². The van der Waals surface area contributed by atoms with E-state index in [0.29, 0.717) is 11.5 Å². The number of carbonyl (C=O) groups is 1. The van der Waals surface area contributed by atoms with Crippen molar-refractivity contribution in [3.05, 3.63) is 24.0 Å².